The van der Waals surface area contributed by atoms with E-state index in [4.69, 9.17) is 0 Å². The fourth-order valence-electron chi connectivity index (χ4n) is 1.81. The lowest BCUT2D eigenvalue weighted by atomic mass is 10.0. The second kappa shape index (κ2) is 4.91. The van der Waals surface area contributed by atoms with Crippen LogP contribution in [0.1, 0.15) is 29.3 Å². The molecule has 1 heterocycles. The fourth-order valence-corrected chi connectivity index (χ4v) is 1.81. The molecule has 2 aromatic rings. The van der Waals surface area contributed by atoms with E-state index in [1.54, 1.807) is 6.20 Å². The summed E-state index contributed by atoms with van der Waals surface area (Å²) in [5.41, 5.74) is 4.18. The Bertz CT molecular complexity index is 529. The van der Waals surface area contributed by atoms with Gasteiger partial charge in [0.05, 0.1) is 0 Å². The van der Waals surface area contributed by atoms with Crippen LogP contribution in [-0.2, 0) is 0 Å². The molecule has 0 aliphatic heterocycles. The van der Waals surface area contributed by atoms with Crippen LogP contribution in [-0.4, -0.2) is 10.8 Å². The zero-order valence-electron chi connectivity index (χ0n) is 10.1. The van der Waals surface area contributed by atoms with Crippen molar-refractivity contribution in [3.05, 3.63) is 53.9 Å². The molecule has 0 saturated heterocycles. The van der Waals surface area contributed by atoms with Crippen LogP contribution in [0, 0.1) is 6.92 Å². The van der Waals surface area contributed by atoms with Gasteiger partial charge in [0.1, 0.15) is 0 Å². The number of aromatic nitrogens is 1. The van der Waals surface area contributed by atoms with Crippen molar-refractivity contribution in [1.82, 2.24) is 4.98 Å². The number of hydrogen-bond acceptors (Lipinski definition) is 2. The lowest BCUT2D eigenvalue weighted by Gasteiger charge is -2.05. The molecule has 0 fully saturated rings. The number of aryl methyl sites for hydroxylation is 1. The van der Waals surface area contributed by atoms with E-state index in [2.05, 4.69) is 11.9 Å². The lowest BCUT2D eigenvalue weighted by Crippen LogP contribution is -1.95. The minimum absolute atomic E-state index is 0.180. The van der Waals surface area contributed by atoms with Gasteiger partial charge in [-0.3, -0.25) is 9.78 Å². The molecule has 0 spiro atoms. The zero-order chi connectivity index (χ0) is 12.3. The van der Waals surface area contributed by atoms with Crippen LogP contribution >= 0.6 is 0 Å². The van der Waals surface area contributed by atoms with E-state index in [1.165, 1.54) is 5.56 Å². The van der Waals surface area contributed by atoms with Gasteiger partial charge in [-0.1, -0.05) is 31.2 Å². The van der Waals surface area contributed by atoms with Crippen molar-refractivity contribution in [2.75, 3.05) is 0 Å². The Labute approximate surface area is 101 Å². The molecular formula is C15H15NO. The van der Waals surface area contributed by atoms with Gasteiger partial charge in [0.15, 0.2) is 5.78 Å². The molecule has 17 heavy (non-hydrogen) atoms. The van der Waals surface area contributed by atoms with Crippen LogP contribution in [0.3, 0.4) is 0 Å². The Balaban J connectivity index is 2.36. The van der Waals surface area contributed by atoms with E-state index in [1.807, 2.05) is 43.5 Å². The minimum Gasteiger partial charge on any atom is -0.294 e. The maximum Gasteiger partial charge on any atom is 0.162 e. The number of carbonyl (C=O) groups is 1. The van der Waals surface area contributed by atoms with Gasteiger partial charge in [0, 0.05) is 29.9 Å². The molecule has 0 saturated carbocycles. The van der Waals surface area contributed by atoms with Crippen LogP contribution in [0.25, 0.3) is 11.1 Å². The number of hydrogen-bond donors (Lipinski definition) is 0. The normalized spacial score (nSPS) is 10.2. The highest BCUT2D eigenvalue weighted by atomic mass is 16.1. The van der Waals surface area contributed by atoms with Crippen molar-refractivity contribution >= 4 is 5.78 Å². The summed E-state index contributed by atoms with van der Waals surface area (Å²) in [5, 5.41) is 0. The average molecular weight is 225 g/mol. The van der Waals surface area contributed by atoms with Gasteiger partial charge in [-0.05, 0) is 24.1 Å². The largest absolute Gasteiger partial charge is 0.294 e. The SMILES string of the molecule is CCC(=O)c1ccc(-c2cnccc2C)cc1. The molecule has 2 rings (SSSR count). The number of nitrogens with zero attached hydrogens (tertiary/aromatic N) is 1. The van der Waals surface area contributed by atoms with Crippen molar-refractivity contribution in [3.8, 4) is 11.1 Å². The summed E-state index contributed by atoms with van der Waals surface area (Å²) in [7, 11) is 0. The molecule has 0 aliphatic carbocycles. The quantitative estimate of drug-likeness (QED) is 0.746. The molecule has 1 aromatic carbocycles. The summed E-state index contributed by atoms with van der Waals surface area (Å²) in [4.78, 5) is 15.6. The summed E-state index contributed by atoms with van der Waals surface area (Å²) >= 11 is 0. The third kappa shape index (κ3) is 2.41. The van der Waals surface area contributed by atoms with Crippen molar-refractivity contribution in [3.63, 3.8) is 0 Å². The predicted octanol–water partition coefficient (Wildman–Crippen LogP) is 3.65. The first-order valence-corrected chi connectivity index (χ1v) is 5.76. The number of ketones is 1. The monoisotopic (exact) mass is 225 g/mol. The van der Waals surface area contributed by atoms with Crippen molar-refractivity contribution in [1.29, 1.82) is 0 Å². The Morgan fingerprint density at radius 2 is 1.88 bits per heavy atom. The number of Topliss-reactive ketones (excluding diaryl/α,β-unsaturated/α-hetero) is 1. The molecule has 2 heteroatoms. The van der Waals surface area contributed by atoms with Crippen LogP contribution in [0.2, 0.25) is 0 Å². The molecule has 2 nitrogen and oxygen atoms in total. The third-order valence-corrected chi connectivity index (χ3v) is 2.88. The maximum absolute atomic E-state index is 11.5. The van der Waals surface area contributed by atoms with Gasteiger partial charge in [0.25, 0.3) is 0 Å². The van der Waals surface area contributed by atoms with Crippen molar-refractivity contribution in [2.45, 2.75) is 20.3 Å². The summed E-state index contributed by atoms with van der Waals surface area (Å²) in [5.74, 6) is 0.180. The summed E-state index contributed by atoms with van der Waals surface area (Å²) in [6.07, 6.45) is 4.19. The van der Waals surface area contributed by atoms with Crippen LogP contribution in [0.4, 0.5) is 0 Å². The minimum atomic E-state index is 0.180. The number of benzene rings is 1. The van der Waals surface area contributed by atoms with E-state index in [0.29, 0.717) is 6.42 Å². The first kappa shape index (κ1) is 11.5. The highest BCUT2D eigenvalue weighted by Crippen LogP contribution is 2.22. The fraction of sp³-hybridized carbons (Fsp3) is 0.200. The highest BCUT2D eigenvalue weighted by molar-refractivity contribution is 5.96. The standard InChI is InChI=1S/C15H15NO/c1-3-15(17)13-6-4-12(5-7-13)14-10-16-9-8-11(14)2/h4-10H,3H2,1-2H3. The molecule has 0 amide bonds. The van der Waals surface area contributed by atoms with Crippen molar-refractivity contribution in [2.24, 2.45) is 0 Å². The lowest BCUT2D eigenvalue weighted by molar-refractivity contribution is 0.0988. The summed E-state index contributed by atoms with van der Waals surface area (Å²) in [6.45, 7) is 3.93. The molecular weight excluding hydrogens is 210 g/mol. The Kier molecular flexibility index (Phi) is 3.33. The number of carbonyl (C=O) groups excluding carboxylic acids is 1. The van der Waals surface area contributed by atoms with Crippen LogP contribution < -0.4 is 0 Å². The van der Waals surface area contributed by atoms with E-state index in [9.17, 15) is 4.79 Å². The molecule has 0 radical (unpaired) electrons. The van der Waals surface area contributed by atoms with Gasteiger partial charge in [-0.2, -0.15) is 0 Å². The summed E-state index contributed by atoms with van der Waals surface area (Å²) in [6, 6.07) is 9.71. The Morgan fingerprint density at radius 3 is 2.47 bits per heavy atom. The second-order valence-electron chi connectivity index (χ2n) is 4.04. The van der Waals surface area contributed by atoms with Crippen LogP contribution in [0.5, 0.6) is 0 Å². The van der Waals surface area contributed by atoms with Crippen LogP contribution in [0.15, 0.2) is 42.7 Å². The third-order valence-electron chi connectivity index (χ3n) is 2.88. The number of rotatable bonds is 3. The average Bonchev–Trinajstić information content (AvgIpc) is 2.39. The highest BCUT2D eigenvalue weighted by Gasteiger charge is 2.05. The van der Waals surface area contributed by atoms with Gasteiger partial charge >= 0.3 is 0 Å². The van der Waals surface area contributed by atoms with E-state index in [-0.39, 0.29) is 5.78 Å². The smallest absolute Gasteiger partial charge is 0.162 e. The van der Waals surface area contributed by atoms with Gasteiger partial charge in [-0.15, -0.1) is 0 Å². The molecule has 1 aromatic heterocycles. The molecule has 0 unspecified atom stereocenters. The van der Waals surface area contributed by atoms with Gasteiger partial charge in [-0.25, -0.2) is 0 Å². The molecule has 0 N–H and O–H groups in total. The first-order chi connectivity index (χ1) is 8.22. The first-order valence-electron chi connectivity index (χ1n) is 5.76. The predicted molar refractivity (Wildman–Crippen MR) is 69.0 cm³/mol. The van der Waals surface area contributed by atoms with E-state index >= 15 is 0 Å². The summed E-state index contributed by atoms with van der Waals surface area (Å²) < 4.78 is 0. The van der Waals surface area contributed by atoms with E-state index < -0.39 is 0 Å². The van der Waals surface area contributed by atoms with Gasteiger partial charge in [0.2, 0.25) is 0 Å². The van der Waals surface area contributed by atoms with E-state index in [0.717, 1.165) is 16.7 Å². The zero-order valence-corrected chi connectivity index (χ0v) is 10.1. The Morgan fingerprint density at radius 1 is 1.18 bits per heavy atom. The van der Waals surface area contributed by atoms with Crippen molar-refractivity contribution < 1.29 is 4.79 Å². The topological polar surface area (TPSA) is 30.0 Å². The van der Waals surface area contributed by atoms with Gasteiger partial charge < -0.3 is 0 Å². The molecule has 86 valence electrons. The second-order valence-corrected chi connectivity index (χ2v) is 4.04. The molecule has 0 atom stereocenters. The Hall–Kier alpha value is -1.96. The maximum atomic E-state index is 11.5. The number of pyridine rings is 1. The molecule has 0 aliphatic rings. The molecule has 0 bridgehead atoms.